The summed E-state index contributed by atoms with van der Waals surface area (Å²) in [5.41, 5.74) is 10.5. The molecule has 2 heterocycles. The molecule has 0 bridgehead atoms. The number of pyridine rings is 1. The van der Waals surface area contributed by atoms with Gasteiger partial charge in [-0.05, 0) is 12.1 Å². The summed E-state index contributed by atoms with van der Waals surface area (Å²) in [7, 11) is 1.80. The number of nitrogens with two attached hydrogens (primary N) is 2. The molecular weight excluding hydrogens is 216 g/mol. The molecule has 2 rings (SSSR count). The fourth-order valence-electron chi connectivity index (χ4n) is 1.72. The van der Waals surface area contributed by atoms with Gasteiger partial charge in [-0.15, -0.1) is 0 Å². The molecule has 1 atom stereocenters. The lowest BCUT2D eigenvalue weighted by atomic mass is 10.1. The van der Waals surface area contributed by atoms with Gasteiger partial charge in [0.25, 0.3) is 0 Å². The van der Waals surface area contributed by atoms with E-state index in [1.807, 2.05) is 18.2 Å². The molecule has 0 amide bonds. The Morgan fingerprint density at radius 2 is 2.29 bits per heavy atom. The van der Waals surface area contributed by atoms with Crippen LogP contribution in [-0.2, 0) is 13.5 Å². The maximum Gasteiger partial charge on any atom is 0.126 e. The Hall–Kier alpha value is -1.92. The molecule has 0 aliphatic carbocycles. The van der Waals surface area contributed by atoms with Crippen LogP contribution in [0.4, 0.5) is 5.82 Å². The normalized spacial score (nSPS) is 12.6. The lowest BCUT2D eigenvalue weighted by molar-refractivity contribution is 0.547. The molecule has 17 heavy (non-hydrogen) atoms. The van der Waals surface area contributed by atoms with Crippen molar-refractivity contribution in [2.75, 3.05) is 5.73 Å². The Morgan fingerprint density at radius 3 is 2.82 bits per heavy atom. The fourth-order valence-corrected chi connectivity index (χ4v) is 1.72. The standard InChI is InChI=1S/C11H16N6/c1-17-11(12)9(7-15-17)10(16-13)6-8-4-2-3-5-14-8/h2-5,7,10,16H,6,12-13H2,1H3. The van der Waals surface area contributed by atoms with Crippen LogP contribution in [0.1, 0.15) is 17.3 Å². The molecule has 6 heteroatoms. The molecule has 0 aliphatic rings. The minimum absolute atomic E-state index is 0.0846. The van der Waals surface area contributed by atoms with Crippen molar-refractivity contribution >= 4 is 5.82 Å². The third kappa shape index (κ3) is 2.43. The molecule has 0 saturated carbocycles. The Kier molecular flexibility index (Phi) is 3.36. The van der Waals surface area contributed by atoms with E-state index in [4.69, 9.17) is 11.6 Å². The smallest absolute Gasteiger partial charge is 0.126 e. The number of nitrogens with one attached hydrogen (secondary N) is 1. The summed E-state index contributed by atoms with van der Waals surface area (Å²) < 4.78 is 1.62. The van der Waals surface area contributed by atoms with Crippen molar-refractivity contribution < 1.29 is 0 Å². The van der Waals surface area contributed by atoms with Crippen LogP contribution in [-0.4, -0.2) is 14.8 Å². The van der Waals surface area contributed by atoms with Gasteiger partial charge in [0, 0.05) is 30.9 Å². The monoisotopic (exact) mass is 232 g/mol. The van der Waals surface area contributed by atoms with Crippen molar-refractivity contribution in [3.8, 4) is 0 Å². The lowest BCUT2D eigenvalue weighted by Gasteiger charge is -2.14. The van der Waals surface area contributed by atoms with Crippen LogP contribution >= 0.6 is 0 Å². The first kappa shape index (κ1) is 11.6. The van der Waals surface area contributed by atoms with Gasteiger partial charge in [0.2, 0.25) is 0 Å². The highest BCUT2D eigenvalue weighted by Crippen LogP contribution is 2.21. The van der Waals surface area contributed by atoms with Crippen LogP contribution in [0.25, 0.3) is 0 Å². The summed E-state index contributed by atoms with van der Waals surface area (Å²) in [5, 5.41) is 4.10. The highest BCUT2D eigenvalue weighted by molar-refractivity contribution is 5.41. The van der Waals surface area contributed by atoms with E-state index < -0.39 is 0 Å². The predicted octanol–water partition coefficient (Wildman–Crippen LogP) is 0.144. The van der Waals surface area contributed by atoms with E-state index in [9.17, 15) is 0 Å². The van der Waals surface area contributed by atoms with Gasteiger partial charge in [0.15, 0.2) is 0 Å². The largest absolute Gasteiger partial charge is 0.384 e. The second kappa shape index (κ2) is 4.94. The Morgan fingerprint density at radius 1 is 1.47 bits per heavy atom. The fraction of sp³-hybridized carbons (Fsp3) is 0.273. The third-order valence-electron chi connectivity index (χ3n) is 2.73. The van der Waals surface area contributed by atoms with Crippen molar-refractivity contribution in [3.63, 3.8) is 0 Å². The third-order valence-corrected chi connectivity index (χ3v) is 2.73. The zero-order valence-corrected chi connectivity index (χ0v) is 9.67. The van der Waals surface area contributed by atoms with Crippen LogP contribution in [0.2, 0.25) is 0 Å². The van der Waals surface area contributed by atoms with Gasteiger partial charge >= 0.3 is 0 Å². The number of anilines is 1. The molecule has 2 aromatic heterocycles. The molecule has 0 spiro atoms. The molecule has 6 nitrogen and oxygen atoms in total. The molecule has 5 N–H and O–H groups in total. The summed E-state index contributed by atoms with van der Waals surface area (Å²) in [4.78, 5) is 4.26. The van der Waals surface area contributed by atoms with Crippen molar-refractivity contribution in [2.45, 2.75) is 12.5 Å². The second-order valence-corrected chi connectivity index (χ2v) is 3.85. The topological polar surface area (TPSA) is 94.8 Å². The number of rotatable bonds is 4. The van der Waals surface area contributed by atoms with Crippen molar-refractivity contribution in [3.05, 3.63) is 41.9 Å². The van der Waals surface area contributed by atoms with Gasteiger partial charge in [-0.2, -0.15) is 5.10 Å². The molecular formula is C11H16N6. The predicted molar refractivity (Wildman–Crippen MR) is 65.6 cm³/mol. The van der Waals surface area contributed by atoms with E-state index in [1.54, 1.807) is 24.1 Å². The molecule has 1 unspecified atom stereocenters. The van der Waals surface area contributed by atoms with Crippen molar-refractivity contribution in [1.29, 1.82) is 0 Å². The lowest BCUT2D eigenvalue weighted by Crippen LogP contribution is -2.30. The zero-order valence-electron chi connectivity index (χ0n) is 9.67. The molecule has 0 saturated heterocycles. The van der Waals surface area contributed by atoms with Crippen LogP contribution in [0.15, 0.2) is 30.6 Å². The van der Waals surface area contributed by atoms with Gasteiger partial charge < -0.3 is 5.73 Å². The average molecular weight is 232 g/mol. The molecule has 0 aromatic carbocycles. The summed E-state index contributed by atoms with van der Waals surface area (Å²) in [6.45, 7) is 0. The highest BCUT2D eigenvalue weighted by Gasteiger charge is 2.16. The SMILES string of the molecule is Cn1ncc(C(Cc2ccccn2)NN)c1N. The maximum atomic E-state index is 5.92. The van der Waals surface area contributed by atoms with Crippen molar-refractivity contribution in [1.82, 2.24) is 20.2 Å². The molecule has 2 aromatic rings. The van der Waals surface area contributed by atoms with Gasteiger partial charge in [-0.1, -0.05) is 6.07 Å². The minimum atomic E-state index is -0.0846. The summed E-state index contributed by atoms with van der Waals surface area (Å²) in [6.07, 6.45) is 4.16. The number of aryl methyl sites for hydroxylation is 1. The van der Waals surface area contributed by atoms with Gasteiger partial charge in [0.05, 0.1) is 12.2 Å². The first-order valence-corrected chi connectivity index (χ1v) is 5.35. The van der Waals surface area contributed by atoms with E-state index in [1.165, 1.54) is 0 Å². The second-order valence-electron chi connectivity index (χ2n) is 3.85. The van der Waals surface area contributed by atoms with E-state index in [2.05, 4.69) is 15.5 Å². The van der Waals surface area contributed by atoms with E-state index in [0.717, 1.165) is 11.3 Å². The quantitative estimate of drug-likeness (QED) is 0.515. The molecule has 0 radical (unpaired) electrons. The Labute approximate surface area is 99.6 Å². The Bertz CT molecular complexity index is 478. The van der Waals surface area contributed by atoms with Gasteiger partial charge in [-0.3, -0.25) is 20.9 Å². The zero-order chi connectivity index (χ0) is 12.3. The number of hydrogen-bond acceptors (Lipinski definition) is 5. The number of hydrogen-bond donors (Lipinski definition) is 3. The number of hydrazine groups is 1. The van der Waals surface area contributed by atoms with E-state index in [0.29, 0.717) is 12.2 Å². The van der Waals surface area contributed by atoms with Gasteiger partial charge in [-0.25, -0.2) is 0 Å². The van der Waals surface area contributed by atoms with Crippen LogP contribution < -0.4 is 17.0 Å². The maximum absolute atomic E-state index is 5.92. The summed E-state index contributed by atoms with van der Waals surface area (Å²) in [6, 6.07) is 5.70. The minimum Gasteiger partial charge on any atom is -0.384 e. The van der Waals surface area contributed by atoms with E-state index in [-0.39, 0.29) is 6.04 Å². The highest BCUT2D eigenvalue weighted by atomic mass is 15.3. The van der Waals surface area contributed by atoms with E-state index >= 15 is 0 Å². The first-order valence-electron chi connectivity index (χ1n) is 5.35. The van der Waals surface area contributed by atoms with Crippen LogP contribution in [0, 0.1) is 0 Å². The Balaban J connectivity index is 2.20. The number of nitrogens with zero attached hydrogens (tertiary/aromatic N) is 3. The molecule has 0 aliphatic heterocycles. The first-order chi connectivity index (χ1) is 8.22. The van der Waals surface area contributed by atoms with Gasteiger partial charge in [0.1, 0.15) is 5.82 Å². The number of nitrogen functional groups attached to an aromatic ring is 1. The number of aromatic nitrogens is 3. The molecule has 0 fully saturated rings. The van der Waals surface area contributed by atoms with Crippen LogP contribution in [0.3, 0.4) is 0 Å². The summed E-state index contributed by atoms with van der Waals surface area (Å²) >= 11 is 0. The van der Waals surface area contributed by atoms with Crippen molar-refractivity contribution in [2.24, 2.45) is 12.9 Å². The average Bonchev–Trinajstić information content (AvgIpc) is 2.69. The van der Waals surface area contributed by atoms with Crippen LogP contribution in [0.5, 0.6) is 0 Å². The molecule has 90 valence electrons. The summed E-state index contributed by atoms with van der Waals surface area (Å²) in [5.74, 6) is 6.18.